The predicted molar refractivity (Wildman–Crippen MR) is 72.1 cm³/mol. The van der Waals surface area contributed by atoms with E-state index >= 15 is 0 Å². The van der Waals surface area contributed by atoms with Gasteiger partial charge >= 0.3 is 6.18 Å². The van der Waals surface area contributed by atoms with E-state index in [2.05, 4.69) is 4.98 Å². The van der Waals surface area contributed by atoms with E-state index in [1.807, 2.05) is 0 Å². The molecular weight excluding hydrogens is 282 g/mol. The van der Waals surface area contributed by atoms with Gasteiger partial charge in [0.2, 0.25) is 0 Å². The Balaban J connectivity index is 2.37. The van der Waals surface area contributed by atoms with Crippen LogP contribution in [0.1, 0.15) is 5.56 Å². The summed E-state index contributed by atoms with van der Waals surface area (Å²) in [5.41, 5.74) is -0.0743. The molecule has 2 aromatic carbocycles. The zero-order valence-corrected chi connectivity index (χ0v) is 10.7. The lowest BCUT2D eigenvalue weighted by molar-refractivity contribution is -0.136. The van der Waals surface area contributed by atoms with Crippen molar-refractivity contribution >= 4 is 10.9 Å². The van der Waals surface area contributed by atoms with Crippen LogP contribution < -0.4 is 0 Å². The van der Waals surface area contributed by atoms with Gasteiger partial charge < -0.3 is 0 Å². The van der Waals surface area contributed by atoms with Crippen LogP contribution in [0.15, 0.2) is 54.7 Å². The summed E-state index contributed by atoms with van der Waals surface area (Å²) < 4.78 is 52.7. The van der Waals surface area contributed by atoms with E-state index in [0.29, 0.717) is 17.2 Å². The van der Waals surface area contributed by atoms with Crippen LogP contribution in [-0.4, -0.2) is 4.98 Å². The van der Waals surface area contributed by atoms with Crippen LogP contribution in [-0.2, 0) is 6.18 Å². The van der Waals surface area contributed by atoms with Gasteiger partial charge in [-0.25, -0.2) is 4.39 Å². The summed E-state index contributed by atoms with van der Waals surface area (Å²) >= 11 is 0. The third kappa shape index (κ3) is 2.46. The van der Waals surface area contributed by atoms with Crippen LogP contribution in [0.2, 0.25) is 0 Å². The van der Waals surface area contributed by atoms with E-state index in [1.165, 1.54) is 6.20 Å². The zero-order chi connectivity index (χ0) is 15.0. The largest absolute Gasteiger partial charge is 0.418 e. The number of hydrogen-bond donors (Lipinski definition) is 0. The maximum Gasteiger partial charge on any atom is 0.418 e. The highest BCUT2D eigenvalue weighted by Crippen LogP contribution is 2.37. The van der Waals surface area contributed by atoms with Crippen LogP contribution in [0.25, 0.3) is 22.0 Å². The van der Waals surface area contributed by atoms with E-state index in [1.54, 1.807) is 36.4 Å². The van der Waals surface area contributed by atoms with Crippen molar-refractivity contribution in [3.63, 3.8) is 0 Å². The number of alkyl halides is 3. The molecule has 0 aliphatic carbocycles. The van der Waals surface area contributed by atoms with Crippen molar-refractivity contribution < 1.29 is 17.6 Å². The maximum absolute atomic E-state index is 13.6. The number of hydrogen-bond acceptors (Lipinski definition) is 1. The molecule has 0 bridgehead atoms. The van der Waals surface area contributed by atoms with Gasteiger partial charge in [-0.3, -0.25) is 4.98 Å². The lowest BCUT2D eigenvalue weighted by Crippen LogP contribution is -2.07. The van der Waals surface area contributed by atoms with Crippen molar-refractivity contribution in [2.45, 2.75) is 6.18 Å². The molecule has 0 saturated carbocycles. The minimum Gasteiger partial charge on any atom is -0.256 e. The highest BCUT2D eigenvalue weighted by atomic mass is 19.4. The second-order valence-electron chi connectivity index (χ2n) is 4.57. The topological polar surface area (TPSA) is 12.9 Å². The Morgan fingerprint density at radius 2 is 1.62 bits per heavy atom. The lowest BCUT2D eigenvalue weighted by Gasteiger charge is -2.12. The van der Waals surface area contributed by atoms with Crippen molar-refractivity contribution in [1.82, 2.24) is 4.98 Å². The first-order valence-electron chi connectivity index (χ1n) is 6.18. The first kappa shape index (κ1) is 13.5. The second kappa shape index (κ2) is 4.84. The quantitative estimate of drug-likeness (QED) is 0.571. The molecule has 0 spiro atoms. The number of rotatable bonds is 1. The summed E-state index contributed by atoms with van der Waals surface area (Å²) in [6, 6.07) is 12.0. The van der Waals surface area contributed by atoms with E-state index < -0.39 is 17.6 Å². The fourth-order valence-corrected chi connectivity index (χ4v) is 2.31. The molecule has 0 aliphatic heterocycles. The highest BCUT2D eigenvalue weighted by Gasteiger charge is 2.34. The molecule has 0 saturated heterocycles. The average Bonchev–Trinajstić information content (AvgIpc) is 2.45. The Morgan fingerprint density at radius 3 is 2.29 bits per heavy atom. The molecule has 0 N–H and O–H groups in total. The van der Waals surface area contributed by atoms with Crippen LogP contribution in [0.3, 0.4) is 0 Å². The minimum atomic E-state index is -4.65. The summed E-state index contributed by atoms with van der Waals surface area (Å²) in [5.74, 6) is -0.931. The molecule has 1 nitrogen and oxygen atoms in total. The molecule has 0 amide bonds. The van der Waals surface area contributed by atoms with Crippen LogP contribution in [0.4, 0.5) is 17.6 Å². The zero-order valence-electron chi connectivity index (χ0n) is 10.7. The summed E-state index contributed by atoms with van der Waals surface area (Å²) in [7, 11) is 0. The van der Waals surface area contributed by atoms with E-state index in [-0.39, 0.29) is 10.9 Å². The smallest absolute Gasteiger partial charge is 0.256 e. The summed E-state index contributed by atoms with van der Waals surface area (Å²) in [4.78, 5) is 3.79. The van der Waals surface area contributed by atoms with Crippen molar-refractivity contribution in [1.29, 1.82) is 0 Å². The van der Waals surface area contributed by atoms with Crippen molar-refractivity contribution in [3.8, 4) is 11.1 Å². The fraction of sp³-hybridized carbons (Fsp3) is 0.0625. The molecular formula is C16H9F4N. The van der Waals surface area contributed by atoms with Gasteiger partial charge in [-0.05, 0) is 29.3 Å². The molecule has 0 atom stereocenters. The Kier molecular flexibility index (Phi) is 3.12. The highest BCUT2D eigenvalue weighted by molar-refractivity contribution is 5.96. The average molecular weight is 291 g/mol. The first-order valence-corrected chi connectivity index (χ1v) is 6.18. The summed E-state index contributed by atoms with van der Waals surface area (Å²) in [6.07, 6.45) is -3.35. The van der Waals surface area contributed by atoms with Gasteiger partial charge in [-0.15, -0.1) is 0 Å². The van der Waals surface area contributed by atoms with Crippen LogP contribution in [0, 0.1) is 5.82 Å². The van der Waals surface area contributed by atoms with E-state index in [4.69, 9.17) is 0 Å². The van der Waals surface area contributed by atoms with Gasteiger partial charge in [0.1, 0.15) is 5.82 Å². The molecule has 0 unspecified atom stereocenters. The van der Waals surface area contributed by atoms with Gasteiger partial charge in [0.15, 0.2) is 0 Å². The van der Waals surface area contributed by atoms with E-state index in [0.717, 1.165) is 6.07 Å². The number of halogens is 4. The first-order chi connectivity index (χ1) is 9.97. The normalized spacial score (nSPS) is 11.8. The van der Waals surface area contributed by atoms with Gasteiger partial charge in [0, 0.05) is 11.6 Å². The van der Waals surface area contributed by atoms with Crippen molar-refractivity contribution in [2.24, 2.45) is 0 Å². The Hall–Kier alpha value is -2.43. The Labute approximate surface area is 117 Å². The van der Waals surface area contributed by atoms with E-state index in [9.17, 15) is 17.6 Å². The van der Waals surface area contributed by atoms with Gasteiger partial charge in [0.25, 0.3) is 0 Å². The molecule has 0 fully saturated rings. The van der Waals surface area contributed by atoms with Gasteiger partial charge in [-0.2, -0.15) is 13.2 Å². The molecule has 3 rings (SSSR count). The fourth-order valence-electron chi connectivity index (χ4n) is 2.31. The monoisotopic (exact) mass is 291 g/mol. The lowest BCUT2D eigenvalue weighted by atomic mass is 9.99. The number of aromatic nitrogens is 1. The van der Waals surface area contributed by atoms with Crippen LogP contribution in [0.5, 0.6) is 0 Å². The molecule has 1 aromatic heterocycles. The number of nitrogens with zero attached hydrogens (tertiary/aromatic N) is 1. The SMILES string of the molecule is Fc1cc(C(F)(F)F)c2nccc(-c3ccccc3)c2c1. The number of benzene rings is 2. The van der Waals surface area contributed by atoms with Crippen LogP contribution >= 0.6 is 0 Å². The third-order valence-corrected chi connectivity index (χ3v) is 3.20. The Bertz CT molecular complexity index is 794. The van der Waals surface area contributed by atoms with Gasteiger partial charge in [0.05, 0.1) is 11.1 Å². The second-order valence-corrected chi connectivity index (χ2v) is 4.57. The summed E-state index contributed by atoms with van der Waals surface area (Å²) in [6.45, 7) is 0. The predicted octanol–water partition coefficient (Wildman–Crippen LogP) is 5.06. The standard InChI is InChI=1S/C16H9F4N/c17-11-8-13-12(10-4-2-1-3-5-10)6-7-21-15(13)14(9-11)16(18,19)20/h1-9H. The molecule has 0 aliphatic rings. The molecule has 106 valence electrons. The van der Waals surface area contributed by atoms with Crippen molar-refractivity contribution in [3.05, 3.63) is 66.1 Å². The molecule has 5 heteroatoms. The number of pyridine rings is 1. The molecule has 0 radical (unpaired) electrons. The molecule has 21 heavy (non-hydrogen) atoms. The van der Waals surface area contributed by atoms with Gasteiger partial charge in [-0.1, -0.05) is 30.3 Å². The maximum atomic E-state index is 13.6. The van der Waals surface area contributed by atoms with Crippen molar-refractivity contribution in [2.75, 3.05) is 0 Å². The molecule has 3 aromatic rings. The summed E-state index contributed by atoms with van der Waals surface area (Å²) in [5, 5.41) is 0.149. The number of fused-ring (bicyclic) bond motifs is 1. The molecule has 1 heterocycles. The third-order valence-electron chi connectivity index (χ3n) is 3.20. The minimum absolute atomic E-state index is 0.149. The Morgan fingerprint density at radius 1 is 0.905 bits per heavy atom.